The molecular formula is C22H15N3O5. The summed E-state index contributed by atoms with van der Waals surface area (Å²) >= 11 is 0. The van der Waals surface area contributed by atoms with E-state index >= 15 is 0 Å². The second-order valence-corrected chi connectivity index (χ2v) is 6.69. The van der Waals surface area contributed by atoms with Gasteiger partial charge in [-0.3, -0.25) is 14.9 Å². The summed E-state index contributed by atoms with van der Waals surface area (Å²) in [4.78, 5) is 35.3. The molecule has 0 amide bonds. The Balaban J connectivity index is 1.91. The first-order chi connectivity index (χ1) is 14.4. The fourth-order valence-electron chi connectivity index (χ4n) is 3.39. The lowest BCUT2D eigenvalue weighted by Gasteiger charge is -2.06. The number of carboxylic acids is 1. The molecule has 1 aromatic heterocycles. The number of aryl methyl sites for hydroxylation is 1. The Bertz CT molecular complexity index is 1320. The summed E-state index contributed by atoms with van der Waals surface area (Å²) < 4.78 is 1.16. The highest BCUT2D eigenvalue weighted by Gasteiger charge is 2.26. The molecule has 0 fully saturated rings. The van der Waals surface area contributed by atoms with Crippen LogP contribution >= 0.6 is 0 Å². The van der Waals surface area contributed by atoms with Crippen LogP contribution in [0.3, 0.4) is 0 Å². The highest BCUT2D eigenvalue weighted by Crippen LogP contribution is 2.30. The van der Waals surface area contributed by atoms with Crippen LogP contribution in [0.2, 0.25) is 0 Å². The maximum absolute atomic E-state index is 13.3. The molecule has 1 N–H and O–H groups in total. The minimum absolute atomic E-state index is 0.0245. The van der Waals surface area contributed by atoms with Crippen molar-refractivity contribution in [1.82, 2.24) is 9.78 Å². The number of benzene rings is 3. The molecule has 0 atom stereocenters. The average molecular weight is 401 g/mol. The van der Waals surface area contributed by atoms with E-state index in [-0.39, 0.29) is 16.8 Å². The number of nitro benzene ring substituents is 1. The van der Waals surface area contributed by atoms with Gasteiger partial charge in [0.2, 0.25) is 0 Å². The highest BCUT2D eigenvalue weighted by atomic mass is 16.6. The number of carboxylic acid groups (broad SMARTS) is 1. The molecular weight excluding hydrogens is 386 g/mol. The molecule has 148 valence electrons. The molecule has 4 aromatic rings. The summed E-state index contributed by atoms with van der Waals surface area (Å²) in [5.41, 5.74) is 1.90. The monoisotopic (exact) mass is 401 g/mol. The van der Waals surface area contributed by atoms with Crippen LogP contribution in [-0.2, 0) is 0 Å². The van der Waals surface area contributed by atoms with Crippen LogP contribution in [0.4, 0.5) is 5.69 Å². The maximum Gasteiger partial charge on any atom is 0.335 e. The van der Waals surface area contributed by atoms with Crippen LogP contribution < -0.4 is 0 Å². The smallest absolute Gasteiger partial charge is 0.335 e. The van der Waals surface area contributed by atoms with Gasteiger partial charge in [-0.25, -0.2) is 4.79 Å². The van der Waals surface area contributed by atoms with Crippen LogP contribution in [0.1, 0.15) is 26.3 Å². The molecule has 4 rings (SSSR count). The summed E-state index contributed by atoms with van der Waals surface area (Å²) in [6, 6.07) is 17.6. The van der Waals surface area contributed by atoms with Gasteiger partial charge in [0.1, 0.15) is 11.3 Å². The van der Waals surface area contributed by atoms with E-state index in [1.54, 1.807) is 49.4 Å². The summed E-state index contributed by atoms with van der Waals surface area (Å²) in [7, 11) is 0. The lowest BCUT2D eigenvalue weighted by atomic mass is 10.1. The van der Waals surface area contributed by atoms with Crippen LogP contribution in [-0.4, -0.2) is 31.7 Å². The molecule has 1 heterocycles. The van der Waals surface area contributed by atoms with Gasteiger partial charge in [-0.05, 0) is 30.7 Å². The Hall–Kier alpha value is -4.33. The zero-order chi connectivity index (χ0) is 21.4. The van der Waals surface area contributed by atoms with E-state index in [1.165, 1.54) is 24.3 Å². The molecule has 0 aliphatic rings. The summed E-state index contributed by atoms with van der Waals surface area (Å²) in [6.45, 7) is 1.64. The predicted molar refractivity (Wildman–Crippen MR) is 110 cm³/mol. The van der Waals surface area contributed by atoms with Crippen LogP contribution in [0, 0.1) is 17.0 Å². The molecule has 0 bridgehead atoms. The number of aromatic nitrogens is 2. The number of nitro groups is 1. The summed E-state index contributed by atoms with van der Waals surface area (Å²) in [5.74, 6) is -1.65. The van der Waals surface area contributed by atoms with Crippen molar-refractivity contribution in [3.63, 3.8) is 0 Å². The number of nitrogens with zero attached hydrogens (tertiary/aromatic N) is 3. The number of aromatic carboxylic acids is 1. The number of hydrogen-bond donors (Lipinski definition) is 1. The van der Waals surface area contributed by atoms with Crippen molar-refractivity contribution in [2.24, 2.45) is 0 Å². The highest BCUT2D eigenvalue weighted by molar-refractivity contribution is 6.07. The minimum Gasteiger partial charge on any atom is -0.478 e. The lowest BCUT2D eigenvalue weighted by molar-refractivity contribution is -0.385. The van der Waals surface area contributed by atoms with Crippen molar-refractivity contribution in [2.75, 3.05) is 0 Å². The maximum atomic E-state index is 13.3. The van der Waals surface area contributed by atoms with Gasteiger partial charge in [-0.1, -0.05) is 42.5 Å². The summed E-state index contributed by atoms with van der Waals surface area (Å²) in [5, 5.41) is 25.7. The summed E-state index contributed by atoms with van der Waals surface area (Å²) in [6.07, 6.45) is 0. The molecule has 0 spiro atoms. The molecule has 0 aliphatic heterocycles. The van der Waals surface area contributed by atoms with Crippen molar-refractivity contribution in [3.05, 3.63) is 93.5 Å². The third kappa shape index (κ3) is 3.10. The fourth-order valence-corrected chi connectivity index (χ4v) is 3.39. The van der Waals surface area contributed by atoms with Crippen LogP contribution in [0.25, 0.3) is 22.2 Å². The standard InChI is InChI=1S/C22H15N3O5/c1-13-5-4-8-18(25(29)30)19(13)21(26)24-17-7-3-2-6-16(17)20(23-24)14-9-11-15(12-10-14)22(27)28/h2-12H,1H3,(H,27,28). The number of fused-ring (bicyclic) bond motifs is 1. The normalized spacial score (nSPS) is 10.8. The average Bonchev–Trinajstić information content (AvgIpc) is 3.13. The van der Waals surface area contributed by atoms with E-state index in [1.807, 2.05) is 0 Å². The lowest BCUT2D eigenvalue weighted by Crippen LogP contribution is -2.16. The van der Waals surface area contributed by atoms with E-state index in [0.29, 0.717) is 27.7 Å². The van der Waals surface area contributed by atoms with E-state index in [9.17, 15) is 19.7 Å². The molecule has 0 radical (unpaired) electrons. The van der Waals surface area contributed by atoms with E-state index in [0.717, 1.165) is 4.68 Å². The number of carbonyl (C=O) groups excluding carboxylic acids is 1. The number of carbonyl (C=O) groups is 2. The van der Waals surface area contributed by atoms with Gasteiger partial charge in [0.25, 0.3) is 11.6 Å². The second-order valence-electron chi connectivity index (χ2n) is 6.69. The number of rotatable bonds is 4. The van der Waals surface area contributed by atoms with Crippen LogP contribution in [0.5, 0.6) is 0 Å². The quantitative estimate of drug-likeness (QED) is 0.402. The molecule has 8 heteroatoms. The Morgan fingerprint density at radius 1 is 1.00 bits per heavy atom. The van der Waals surface area contributed by atoms with Crippen molar-refractivity contribution in [3.8, 4) is 11.3 Å². The van der Waals surface area contributed by atoms with Gasteiger partial charge >= 0.3 is 5.97 Å². The zero-order valence-corrected chi connectivity index (χ0v) is 15.8. The van der Waals surface area contributed by atoms with Gasteiger partial charge in [0, 0.05) is 17.0 Å². The molecule has 8 nitrogen and oxygen atoms in total. The first-order valence-corrected chi connectivity index (χ1v) is 8.98. The van der Waals surface area contributed by atoms with Crippen molar-refractivity contribution < 1.29 is 19.6 Å². The molecule has 0 unspecified atom stereocenters. The van der Waals surface area contributed by atoms with E-state index < -0.39 is 16.8 Å². The number of para-hydroxylation sites is 1. The minimum atomic E-state index is -1.04. The van der Waals surface area contributed by atoms with E-state index in [2.05, 4.69) is 5.10 Å². The Morgan fingerprint density at radius 2 is 1.70 bits per heavy atom. The van der Waals surface area contributed by atoms with Crippen molar-refractivity contribution in [1.29, 1.82) is 0 Å². The van der Waals surface area contributed by atoms with E-state index in [4.69, 9.17) is 5.11 Å². The van der Waals surface area contributed by atoms with Gasteiger partial charge in [0.15, 0.2) is 0 Å². The molecule has 0 aliphatic carbocycles. The fraction of sp³-hybridized carbons (Fsp3) is 0.0455. The third-order valence-electron chi connectivity index (χ3n) is 4.85. The SMILES string of the molecule is Cc1cccc([N+](=O)[O-])c1C(=O)n1nc(-c2ccc(C(=O)O)cc2)c2ccccc21. The molecule has 30 heavy (non-hydrogen) atoms. The van der Waals surface area contributed by atoms with Gasteiger partial charge in [0.05, 0.1) is 16.0 Å². The largest absolute Gasteiger partial charge is 0.478 e. The zero-order valence-electron chi connectivity index (χ0n) is 15.8. The van der Waals surface area contributed by atoms with Crippen molar-refractivity contribution >= 4 is 28.5 Å². The molecule has 0 saturated carbocycles. The molecule has 0 saturated heterocycles. The molecule has 3 aromatic carbocycles. The Morgan fingerprint density at radius 3 is 2.37 bits per heavy atom. The Kier molecular flexibility index (Phi) is 4.59. The Labute approximate surface area is 170 Å². The van der Waals surface area contributed by atoms with Crippen LogP contribution in [0.15, 0.2) is 66.7 Å². The predicted octanol–water partition coefficient (Wildman–Crippen LogP) is 4.31. The first kappa shape index (κ1) is 19.0. The van der Waals surface area contributed by atoms with Gasteiger partial charge in [-0.2, -0.15) is 9.78 Å². The third-order valence-corrected chi connectivity index (χ3v) is 4.85. The number of hydrogen-bond acceptors (Lipinski definition) is 5. The van der Waals surface area contributed by atoms with Crippen molar-refractivity contribution in [2.45, 2.75) is 6.92 Å². The van der Waals surface area contributed by atoms with Gasteiger partial charge < -0.3 is 5.11 Å². The topological polar surface area (TPSA) is 115 Å². The van der Waals surface area contributed by atoms with Gasteiger partial charge in [-0.15, -0.1) is 0 Å². The second kappa shape index (κ2) is 7.25. The first-order valence-electron chi connectivity index (χ1n) is 8.98.